The molecule has 1 aromatic rings. The molecule has 0 saturated carbocycles. The highest BCUT2D eigenvalue weighted by Gasteiger charge is 2.09. The highest BCUT2D eigenvalue weighted by Crippen LogP contribution is 1.99. The van der Waals surface area contributed by atoms with E-state index in [0.717, 1.165) is 32.6 Å². The van der Waals surface area contributed by atoms with E-state index in [9.17, 15) is 0 Å². The lowest BCUT2D eigenvalue weighted by Gasteiger charge is -2.29. The average molecular weight is 248 g/mol. The van der Waals surface area contributed by atoms with Gasteiger partial charge >= 0.3 is 0 Å². The van der Waals surface area contributed by atoms with Gasteiger partial charge in [-0.05, 0) is 25.1 Å². The lowest BCUT2D eigenvalue weighted by atomic mass is 10.2. The third-order valence-electron chi connectivity index (χ3n) is 3.51. The molecule has 0 radical (unpaired) electrons. The molecule has 1 saturated heterocycles. The Kier molecular flexibility index (Phi) is 5.58. The summed E-state index contributed by atoms with van der Waals surface area (Å²) in [4.78, 5) is 9.10. The van der Waals surface area contributed by atoms with Crippen LogP contribution in [-0.4, -0.2) is 67.6 Å². The number of nitrogens with zero attached hydrogens (tertiary/aromatic N) is 3. The van der Waals surface area contributed by atoms with Gasteiger partial charge in [0.2, 0.25) is 0 Å². The molecule has 100 valence electrons. The van der Waals surface area contributed by atoms with Crippen molar-refractivity contribution in [3.63, 3.8) is 0 Å². The Hall–Kier alpha value is -0.970. The molecule has 0 aromatic carbocycles. The second kappa shape index (κ2) is 7.46. The van der Waals surface area contributed by atoms with Crippen molar-refractivity contribution in [1.29, 1.82) is 0 Å². The second-order valence-corrected chi connectivity index (χ2v) is 5.01. The van der Waals surface area contributed by atoms with Gasteiger partial charge in [-0.25, -0.2) is 0 Å². The number of rotatable bonds is 6. The Morgan fingerprint density at radius 3 is 2.89 bits per heavy atom. The van der Waals surface area contributed by atoms with Crippen LogP contribution in [0.2, 0.25) is 0 Å². The van der Waals surface area contributed by atoms with Gasteiger partial charge in [0.15, 0.2) is 0 Å². The van der Waals surface area contributed by atoms with Crippen LogP contribution in [0.3, 0.4) is 0 Å². The fraction of sp³-hybridized carbons (Fsp3) is 0.643. The van der Waals surface area contributed by atoms with Gasteiger partial charge in [0, 0.05) is 58.2 Å². The van der Waals surface area contributed by atoms with Crippen LogP contribution in [0.15, 0.2) is 24.5 Å². The van der Waals surface area contributed by atoms with Crippen LogP contribution < -0.4 is 5.32 Å². The quantitative estimate of drug-likeness (QED) is 0.792. The smallest absolute Gasteiger partial charge is 0.0300 e. The van der Waals surface area contributed by atoms with Crippen molar-refractivity contribution in [2.75, 3.05) is 52.9 Å². The summed E-state index contributed by atoms with van der Waals surface area (Å²) in [5.41, 5.74) is 1.33. The minimum Gasteiger partial charge on any atom is -0.314 e. The minimum absolute atomic E-state index is 1.09. The maximum atomic E-state index is 4.15. The number of aromatic nitrogens is 1. The van der Waals surface area contributed by atoms with Crippen molar-refractivity contribution in [3.05, 3.63) is 30.1 Å². The maximum absolute atomic E-state index is 4.15. The van der Waals surface area contributed by atoms with E-state index in [4.69, 9.17) is 0 Å². The van der Waals surface area contributed by atoms with E-state index >= 15 is 0 Å². The van der Waals surface area contributed by atoms with Gasteiger partial charge in [-0.2, -0.15) is 0 Å². The molecule has 0 amide bonds. The zero-order valence-electron chi connectivity index (χ0n) is 11.3. The molecule has 2 heterocycles. The highest BCUT2D eigenvalue weighted by molar-refractivity contribution is 5.08. The Morgan fingerprint density at radius 1 is 1.33 bits per heavy atom. The number of hydrogen-bond donors (Lipinski definition) is 1. The summed E-state index contributed by atoms with van der Waals surface area (Å²) >= 11 is 0. The lowest BCUT2D eigenvalue weighted by molar-refractivity contribution is 0.206. The van der Waals surface area contributed by atoms with Crippen molar-refractivity contribution in [2.45, 2.75) is 6.42 Å². The molecular formula is C14H24N4. The van der Waals surface area contributed by atoms with E-state index in [2.05, 4.69) is 33.2 Å². The first-order valence-corrected chi connectivity index (χ1v) is 6.85. The van der Waals surface area contributed by atoms with Crippen LogP contribution in [-0.2, 0) is 6.42 Å². The molecule has 4 nitrogen and oxygen atoms in total. The fourth-order valence-electron chi connectivity index (χ4n) is 2.22. The maximum Gasteiger partial charge on any atom is 0.0300 e. The predicted molar refractivity (Wildman–Crippen MR) is 74.7 cm³/mol. The zero-order chi connectivity index (χ0) is 12.6. The summed E-state index contributed by atoms with van der Waals surface area (Å²) in [5.74, 6) is 0. The van der Waals surface area contributed by atoms with E-state index < -0.39 is 0 Å². The van der Waals surface area contributed by atoms with Gasteiger partial charge < -0.3 is 10.2 Å². The number of hydrogen-bond acceptors (Lipinski definition) is 4. The Labute approximate surface area is 110 Å². The summed E-state index contributed by atoms with van der Waals surface area (Å²) in [5, 5.41) is 3.39. The topological polar surface area (TPSA) is 31.4 Å². The third kappa shape index (κ3) is 4.72. The number of nitrogens with one attached hydrogen (secondary N) is 1. The summed E-state index contributed by atoms with van der Waals surface area (Å²) in [6.07, 6.45) is 4.88. The van der Waals surface area contributed by atoms with Crippen LogP contribution in [0.25, 0.3) is 0 Å². The molecule has 1 N–H and O–H groups in total. The van der Waals surface area contributed by atoms with Gasteiger partial charge in [0.1, 0.15) is 0 Å². The molecule has 1 aromatic heterocycles. The van der Waals surface area contributed by atoms with Gasteiger partial charge in [0.25, 0.3) is 0 Å². The van der Waals surface area contributed by atoms with Crippen LogP contribution in [0.5, 0.6) is 0 Å². The van der Waals surface area contributed by atoms with E-state index in [-0.39, 0.29) is 0 Å². The summed E-state index contributed by atoms with van der Waals surface area (Å²) in [7, 11) is 2.21. The number of likely N-dealkylation sites (N-methyl/N-ethyl adjacent to an activating group) is 1. The first-order valence-electron chi connectivity index (χ1n) is 6.85. The number of piperazine rings is 1. The molecule has 0 spiro atoms. The molecule has 1 aliphatic heterocycles. The van der Waals surface area contributed by atoms with Crippen molar-refractivity contribution >= 4 is 0 Å². The SMILES string of the molecule is CN(CCc1cccnc1)CCN1CCNCC1. The van der Waals surface area contributed by atoms with Crippen LogP contribution in [0.1, 0.15) is 5.56 Å². The van der Waals surface area contributed by atoms with E-state index in [0.29, 0.717) is 0 Å². The Bertz CT molecular complexity index is 322. The predicted octanol–water partition coefficient (Wildman–Crippen LogP) is 0.461. The first kappa shape index (κ1) is 13.5. The summed E-state index contributed by atoms with van der Waals surface area (Å²) in [6, 6.07) is 4.16. The molecule has 4 heteroatoms. The largest absolute Gasteiger partial charge is 0.314 e. The molecule has 18 heavy (non-hydrogen) atoms. The molecule has 0 unspecified atom stereocenters. The van der Waals surface area contributed by atoms with Gasteiger partial charge in [-0.1, -0.05) is 6.07 Å². The molecule has 0 bridgehead atoms. The van der Waals surface area contributed by atoms with Gasteiger partial charge in [-0.15, -0.1) is 0 Å². The van der Waals surface area contributed by atoms with Crippen molar-refractivity contribution in [2.24, 2.45) is 0 Å². The second-order valence-electron chi connectivity index (χ2n) is 5.01. The summed E-state index contributed by atoms with van der Waals surface area (Å²) < 4.78 is 0. The van der Waals surface area contributed by atoms with Crippen LogP contribution in [0.4, 0.5) is 0 Å². The number of pyridine rings is 1. The Balaban J connectivity index is 1.61. The molecule has 1 aliphatic rings. The fourth-order valence-corrected chi connectivity index (χ4v) is 2.22. The van der Waals surface area contributed by atoms with Gasteiger partial charge in [0.05, 0.1) is 0 Å². The highest BCUT2D eigenvalue weighted by atomic mass is 15.2. The van der Waals surface area contributed by atoms with Gasteiger partial charge in [-0.3, -0.25) is 9.88 Å². The standard InChI is InChI=1S/C14H24N4/c1-17(8-4-14-3-2-5-16-13-14)11-12-18-9-6-15-7-10-18/h2-3,5,13,15H,4,6-12H2,1H3. The van der Waals surface area contributed by atoms with Crippen molar-refractivity contribution in [1.82, 2.24) is 20.1 Å². The lowest BCUT2D eigenvalue weighted by Crippen LogP contribution is -2.46. The third-order valence-corrected chi connectivity index (χ3v) is 3.51. The van der Waals surface area contributed by atoms with E-state index in [1.54, 1.807) is 0 Å². The van der Waals surface area contributed by atoms with Crippen LogP contribution in [0, 0.1) is 0 Å². The average Bonchev–Trinajstić information content (AvgIpc) is 2.45. The molecule has 0 atom stereocenters. The van der Waals surface area contributed by atoms with Crippen LogP contribution >= 0.6 is 0 Å². The van der Waals surface area contributed by atoms with Crippen molar-refractivity contribution in [3.8, 4) is 0 Å². The molecule has 2 rings (SSSR count). The molecule has 1 fully saturated rings. The summed E-state index contributed by atoms with van der Waals surface area (Å²) in [6.45, 7) is 8.11. The van der Waals surface area contributed by atoms with Crippen molar-refractivity contribution < 1.29 is 0 Å². The minimum atomic E-state index is 1.09. The monoisotopic (exact) mass is 248 g/mol. The molecule has 0 aliphatic carbocycles. The van der Waals surface area contributed by atoms with E-state index in [1.807, 2.05) is 18.5 Å². The normalized spacial score (nSPS) is 17.2. The first-order chi connectivity index (χ1) is 8.84. The zero-order valence-corrected chi connectivity index (χ0v) is 11.3. The van der Waals surface area contributed by atoms with E-state index in [1.165, 1.54) is 25.2 Å². The Morgan fingerprint density at radius 2 is 2.17 bits per heavy atom. The molecular weight excluding hydrogens is 224 g/mol.